The van der Waals surface area contributed by atoms with Gasteiger partial charge in [0.1, 0.15) is 5.69 Å². The monoisotopic (exact) mass is 264 g/mol. The summed E-state index contributed by atoms with van der Waals surface area (Å²) in [6.07, 6.45) is 1.60. The summed E-state index contributed by atoms with van der Waals surface area (Å²) in [5, 5.41) is 0. The van der Waals surface area contributed by atoms with Crippen molar-refractivity contribution >= 4 is 17.5 Å². The van der Waals surface area contributed by atoms with E-state index in [1.165, 1.54) is 0 Å². The normalized spacial score (nSPS) is 15.9. The van der Waals surface area contributed by atoms with Crippen molar-refractivity contribution in [3.63, 3.8) is 0 Å². The molecule has 2 heterocycles. The van der Waals surface area contributed by atoms with E-state index in [9.17, 15) is 9.59 Å². The van der Waals surface area contributed by atoms with E-state index in [0.717, 1.165) is 0 Å². The molecule has 0 unspecified atom stereocenters. The summed E-state index contributed by atoms with van der Waals surface area (Å²) in [6.45, 7) is 6.10. The Labute approximate surface area is 112 Å². The van der Waals surface area contributed by atoms with Crippen molar-refractivity contribution in [2.45, 2.75) is 13.8 Å². The number of piperazine rings is 1. The third-order valence-electron chi connectivity index (χ3n) is 3.31. The van der Waals surface area contributed by atoms with Crippen LogP contribution in [0.3, 0.4) is 0 Å². The highest BCUT2D eigenvalue weighted by Gasteiger charge is 2.26. The summed E-state index contributed by atoms with van der Waals surface area (Å²) in [5.74, 6) is 0.0926. The Kier molecular flexibility index (Phi) is 3.78. The third-order valence-corrected chi connectivity index (χ3v) is 3.31. The van der Waals surface area contributed by atoms with Gasteiger partial charge in [-0.05, 0) is 6.07 Å². The molecule has 6 nitrogen and oxygen atoms in total. The molecule has 19 heavy (non-hydrogen) atoms. The molecule has 1 aliphatic heterocycles. The van der Waals surface area contributed by atoms with E-state index >= 15 is 0 Å². The Hall–Kier alpha value is -1.98. The summed E-state index contributed by atoms with van der Waals surface area (Å²) >= 11 is 0. The molecule has 1 aromatic heterocycles. The zero-order chi connectivity index (χ0) is 14.0. The summed E-state index contributed by atoms with van der Waals surface area (Å²) in [4.78, 5) is 30.4. The van der Waals surface area contributed by atoms with Gasteiger partial charge in [-0.15, -0.1) is 0 Å². The van der Waals surface area contributed by atoms with Gasteiger partial charge in [0.05, 0.1) is 0 Å². The number of carbonyl (C=O) groups is 2. The lowest BCUT2D eigenvalue weighted by molar-refractivity contribution is -0.135. The number of hydrogen-bond donors (Lipinski definition) is 2. The van der Waals surface area contributed by atoms with Gasteiger partial charge in [0.2, 0.25) is 5.91 Å². The Balaban J connectivity index is 1.93. The fourth-order valence-electron chi connectivity index (χ4n) is 2.20. The largest absolute Gasteiger partial charge is 0.397 e. The molecule has 1 aliphatic rings. The summed E-state index contributed by atoms with van der Waals surface area (Å²) in [7, 11) is 0. The van der Waals surface area contributed by atoms with Crippen LogP contribution in [0.4, 0.5) is 5.69 Å². The van der Waals surface area contributed by atoms with Gasteiger partial charge in [0.15, 0.2) is 0 Å². The molecule has 0 atom stereocenters. The van der Waals surface area contributed by atoms with E-state index in [0.29, 0.717) is 37.6 Å². The minimum atomic E-state index is -0.0617. The Bertz CT molecular complexity index is 473. The van der Waals surface area contributed by atoms with Crippen molar-refractivity contribution in [1.29, 1.82) is 0 Å². The number of aromatic amines is 1. The van der Waals surface area contributed by atoms with Crippen LogP contribution in [-0.2, 0) is 4.79 Å². The quantitative estimate of drug-likeness (QED) is 0.817. The lowest BCUT2D eigenvalue weighted by atomic mass is 10.1. The lowest BCUT2D eigenvalue weighted by Crippen LogP contribution is -2.51. The fraction of sp³-hybridized carbons (Fsp3) is 0.538. The number of hydrogen-bond acceptors (Lipinski definition) is 3. The molecule has 0 aliphatic carbocycles. The predicted octanol–water partition coefficient (Wildman–Crippen LogP) is 0.537. The molecule has 104 valence electrons. The molecule has 2 amide bonds. The Morgan fingerprint density at radius 1 is 1.21 bits per heavy atom. The molecule has 1 fully saturated rings. The number of anilines is 1. The average molecular weight is 264 g/mol. The summed E-state index contributed by atoms with van der Waals surface area (Å²) in [5.41, 5.74) is 6.64. The van der Waals surface area contributed by atoms with E-state index in [4.69, 9.17) is 5.73 Å². The fourth-order valence-corrected chi connectivity index (χ4v) is 2.20. The number of carbonyl (C=O) groups excluding carboxylic acids is 2. The van der Waals surface area contributed by atoms with E-state index in [2.05, 4.69) is 4.98 Å². The zero-order valence-corrected chi connectivity index (χ0v) is 11.3. The minimum Gasteiger partial charge on any atom is -0.397 e. The Morgan fingerprint density at radius 3 is 2.26 bits per heavy atom. The molecule has 6 heteroatoms. The summed E-state index contributed by atoms with van der Waals surface area (Å²) in [6, 6.07) is 1.63. The highest BCUT2D eigenvalue weighted by Crippen LogP contribution is 2.12. The number of aromatic nitrogens is 1. The standard InChI is InChI=1S/C13H20N4O2/c1-9(2)12(18)16-3-5-17(6-4-16)13(19)11-7-10(14)8-15-11/h7-9,15H,3-6,14H2,1-2H3. The minimum absolute atomic E-state index is 0.00505. The Morgan fingerprint density at radius 2 is 1.79 bits per heavy atom. The maximum absolute atomic E-state index is 12.2. The molecular weight excluding hydrogens is 244 g/mol. The molecule has 1 saturated heterocycles. The van der Waals surface area contributed by atoms with Crippen LogP contribution in [0.5, 0.6) is 0 Å². The highest BCUT2D eigenvalue weighted by molar-refractivity contribution is 5.93. The van der Waals surface area contributed by atoms with Gasteiger partial charge in [0.25, 0.3) is 5.91 Å². The first-order valence-corrected chi connectivity index (χ1v) is 6.51. The highest BCUT2D eigenvalue weighted by atomic mass is 16.2. The molecule has 3 N–H and O–H groups in total. The number of nitrogens with one attached hydrogen (secondary N) is 1. The third kappa shape index (κ3) is 2.89. The van der Waals surface area contributed by atoms with E-state index in [-0.39, 0.29) is 17.7 Å². The first kappa shape index (κ1) is 13.5. The van der Waals surface area contributed by atoms with Gasteiger partial charge in [-0.3, -0.25) is 9.59 Å². The van der Waals surface area contributed by atoms with Crippen molar-refractivity contribution in [1.82, 2.24) is 14.8 Å². The van der Waals surface area contributed by atoms with Crippen LogP contribution in [0.25, 0.3) is 0 Å². The van der Waals surface area contributed by atoms with E-state index < -0.39 is 0 Å². The van der Waals surface area contributed by atoms with Gasteiger partial charge in [-0.25, -0.2) is 0 Å². The van der Waals surface area contributed by atoms with Crippen molar-refractivity contribution in [3.05, 3.63) is 18.0 Å². The number of H-pyrrole nitrogens is 1. The molecule has 2 rings (SSSR count). The SMILES string of the molecule is CC(C)C(=O)N1CCN(C(=O)c2cc(N)c[nH]2)CC1. The molecule has 0 aromatic carbocycles. The zero-order valence-electron chi connectivity index (χ0n) is 11.3. The first-order valence-electron chi connectivity index (χ1n) is 6.51. The average Bonchev–Trinajstić information content (AvgIpc) is 2.84. The van der Waals surface area contributed by atoms with Crippen LogP contribution in [0, 0.1) is 5.92 Å². The van der Waals surface area contributed by atoms with E-state index in [1.54, 1.807) is 17.2 Å². The second-order valence-corrected chi connectivity index (χ2v) is 5.12. The van der Waals surface area contributed by atoms with E-state index in [1.807, 2.05) is 18.7 Å². The van der Waals surface area contributed by atoms with Crippen LogP contribution in [0.2, 0.25) is 0 Å². The van der Waals surface area contributed by atoms with Gasteiger partial charge in [-0.1, -0.05) is 13.8 Å². The van der Waals surface area contributed by atoms with Crippen LogP contribution in [-0.4, -0.2) is 52.8 Å². The van der Waals surface area contributed by atoms with Gasteiger partial charge < -0.3 is 20.5 Å². The molecule has 0 saturated carbocycles. The van der Waals surface area contributed by atoms with Gasteiger partial charge in [-0.2, -0.15) is 0 Å². The second-order valence-electron chi connectivity index (χ2n) is 5.12. The number of rotatable bonds is 2. The van der Waals surface area contributed by atoms with Crippen molar-refractivity contribution in [2.75, 3.05) is 31.9 Å². The van der Waals surface area contributed by atoms with Gasteiger partial charge >= 0.3 is 0 Å². The first-order chi connectivity index (χ1) is 8.99. The van der Waals surface area contributed by atoms with Crippen molar-refractivity contribution in [2.24, 2.45) is 5.92 Å². The smallest absolute Gasteiger partial charge is 0.270 e. The lowest BCUT2D eigenvalue weighted by Gasteiger charge is -2.35. The maximum Gasteiger partial charge on any atom is 0.270 e. The van der Waals surface area contributed by atoms with Gasteiger partial charge in [0, 0.05) is 44.0 Å². The summed E-state index contributed by atoms with van der Waals surface area (Å²) < 4.78 is 0. The molecule has 0 bridgehead atoms. The number of nitrogen functional groups attached to an aromatic ring is 1. The maximum atomic E-state index is 12.2. The molecular formula is C13H20N4O2. The van der Waals surface area contributed by atoms with Crippen molar-refractivity contribution < 1.29 is 9.59 Å². The number of nitrogens with zero attached hydrogens (tertiary/aromatic N) is 2. The van der Waals surface area contributed by atoms with Crippen LogP contribution >= 0.6 is 0 Å². The number of nitrogens with two attached hydrogens (primary N) is 1. The molecule has 1 aromatic rings. The van der Waals surface area contributed by atoms with Crippen LogP contribution in [0.15, 0.2) is 12.3 Å². The number of amides is 2. The van der Waals surface area contributed by atoms with Crippen LogP contribution in [0.1, 0.15) is 24.3 Å². The van der Waals surface area contributed by atoms with Crippen molar-refractivity contribution in [3.8, 4) is 0 Å². The molecule has 0 spiro atoms. The van der Waals surface area contributed by atoms with Crippen LogP contribution < -0.4 is 5.73 Å². The topological polar surface area (TPSA) is 82.4 Å². The molecule has 0 radical (unpaired) electrons. The predicted molar refractivity (Wildman–Crippen MR) is 72.5 cm³/mol. The second kappa shape index (κ2) is 5.34.